The van der Waals surface area contributed by atoms with Crippen molar-refractivity contribution in [1.82, 2.24) is 14.9 Å². The molecule has 0 saturated carbocycles. The van der Waals surface area contributed by atoms with Gasteiger partial charge in [-0.05, 0) is 31.0 Å². The molecule has 0 bridgehead atoms. The molecule has 5 heteroatoms. The summed E-state index contributed by atoms with van der Waals surface area (Å²) < 4.78 is 6.93. The molecule has 0 amide bonds. The van der Waals surface area contributed by atoms with Gasteiger partial charge in [0, 0.05) is 7.11 Å². The summed E-state index contributed by atoms with van der Waals surface area (Å²) in [5.74, 6) is 1.34. The normalized spacial score (nSPS) is 12.9. The molecule has 0 fully saturated rings. The monoisotopic (exact) mass is 317 g/mol. The first kappa shape index (κ1) is 17.6. The van der Waals surface area contributed by atoms with Crippen molar-refractivity contribution in [1.29, 1.82) is 0 Å². The maximum atomic E-state index is 12.9. The Labute approximate surface area is 137 Å². The second kappa shape index (κ2) is 8.22. The van der Waals surface area contributed by atoms with E-state index < -0.39 is 0 Å². The number of methoxy groups -OCH3 is 1. The number of hydrogen-bond acceptors (Lipinski definition) is 4. The van der Waals surface area contributed by atoms with Gasteiger partial charge >= 0.3 is 0 Å². The highest BCUT2D eigenvalue weighted by molar-refractivity contribution is 5.77. The number of hydrogen-bond donors (Lipinski definition) is 1. The van der Waals surface area contributed by atoms with Gasteiger partial charge in [0.2, 0.25) is 0 Å². The van der Waals surface area contributed by atoms with Crippen LogP contribution >= 0.6 is 0 Å². The minimum atomic E-state index is 0.00690. The predicted molar refractivity (Wildman–Crippen MR) is 93.8 cm³/mol. The highest BCUT2D eigenvalue weighted by atomic mass is 16.5. The van der Waals surface area contributed by atoms with Gasteiger partial charge in [-0.2, -0.15) is 0 Å². The first-order chi connectivity index (χ1) is 11.1. The molecule has 1 aromatic carbocycles. The molecule has 1 aromatic heterocycles. The average molecular weight is 317 g/mol. The quantitative estimate of drug-likeness (QED) is 0.813. The van der Waals surface area contributed by atoms with Crippen molar-refractivity contribution in [2.24, 2.45) is 5.92 Å². The topological polar surface area (TPSA) is 56.2 Å². The summed E-state index contributed by atoms with van der Waals surface area (Å²) in [6.07, 6.45) is 0.879. The molecule has 2 rings (SSSR count). The standard InChI is InChI=1S/C18H27N3O2/c1-5-15(19-12-13(2)3)17-20-16-9-7-6-8-14(16)18(22)21(17)10-11-23-4/h6-9,13,15,19H,5,10-12H2,1-4H3/t15-/m1/s1. The van der Waals surface area contributed by atoms with Gasteiger partial charge in [-0.25, -0.2) is 4.98 Å². The molecule has 2 aromatic rings. The van der Waals surface area contributed by atoms with Gasteiger partial charge in [0.25, 0.3) is 5.56 Å². The molecule has 0 aliphatic heterocycles. The highest BCUT2D eigenvalue weighted by Gasteiger charge is 2.18. The summed E-state index contributed by atoms with van der Waals surface area (Å²) in [5, 5.41) is 4.19. The van der Waals surface area contributed by atoms with Gasteiger partial charge in [0.15, 0.2) is 0 Å². The molecular weight excluding hydrogens is 290 g/mol. The zero-order valence-corrected chi connectivity index (χ0v) is 14.5. The number of nitrogens with one attached hydrogen (secondary N) is 1. The second-order valence-corrected chi connectivity index (χ2v) is 6.20. The van der Waals surface area contributed by atoms with Crippen LogP contribution in [0.4, 0.5) is 0 Å². The number of para-hydroxylation sites is 1. The van der Waals surface area contributed by atoms with Crippen molar-refractivity contribution in [3.05, 3.63) is 40.4 Å². The Morgan fingerprint density at radius 3 is 2.70 bits per heavy atom. The SMILES string of the molecule is CC[C@@H](NCC(C)C)c1nc2ccccc2c(=O)n1CCOC. The Morgan fingerprint density at radius 1 is 1.30 bits per heavy atom. The van der Waals surface area contributed by atoms with Gasteiger partial charge in [-0.3, -0.25) is 9.36 Å². The van der Waals surface area contributed by atoms with E-state index in [0.717, 1.165) is 24.3 Å². The van der Waals surface area contributed by atoms with Crippen LogP contribution in [-0.2, 0) is 11.3 Å². The first-order valence-corrected chi connectivity index (χ1v) is 8.30. The van der Waals surface area contributed by atoms with Gasteiger partial charge in [0.1, 0.15) is 5.82 Å². The molecule has 1 atom stereocenters. The Kier molecular flexibility index (Phi) is 6.30. The Bertz CT molecular complexity index is 694. The maximum absolute atomic E-state index is 12.9. The van der Waals surface area contributed by atoms with Crippen molar-refractivity contribution >= 4 is 10.9 Å². The Balaban J connectivity index is 2.51. The number of fused-ring (bicyclic) bond motifs is 1. The molecule has 1 heterocycles. The molecular formula is C18H27N3O2. The van der Waals surface area contributed by atoms with Crippen LogP contribution in [0.1, 0.15) is 39.1 Å². The maximum Gasteiger partial charge on any atom is 0.261 e. The van der Waals surface area contributed by atoms with Gasteiger partial charge in [-0.15, -0.1) is 0 Å². The predicted octanol–water partition coefficient (Wildman–Crippen LogP) is 2.74. The van der Waals surface area contributed by atoms with E-state index in [-0.39, 0.29) is 11.6 Å². The summed E-state index contributed by atoms with van der Waals surface area (Å²) in [6.45, 7) is 8.36. The third kappa shape index (κ3) is 4.18. The molecule has 23 heavy (non-hydrogen) atoms. The lowest BCUT2D eigenvalue weighted by atomic mass is 10.1. The third-order valence-electron chi connectivity index (χ3n) is 3.90. The van der Waals surface area contributed by atoms with Crippen molar-refractivity contribution in [2.75, 3.05) is 20.3 Å². The van der Waals surface area contributed by atoms with Crippen molar-refractivity contribution < 1.29 is 4.74 Å². The van der Waals surface area contributed by atoms with E-state index in [1.54, 1.807) is 11.7 Å². The fourth-order valence-corrected chi connectivity index (χ4v) is 2.65. The second-order valence-electron chi connectivity index (χ2n) is 6.20. The van der Waals surface area contributed by atoms with Crippen LogP contribution in [0.3, 0.4) is 0 Å². The van der Waals surface area contributed by atoms with Crippen molar-refractivity contribution in [3.8, 4) is 0 Å². The van der Waals surface area contributed by atoms with Crippen LogP contribution in [0.25, 0.3) is 10.9 Å². The lowest BCUT2D eigenvalue weighted by Gasteiger charge is -2.22. The van der Waals surface area contributed by atoms with Crippen LogP contribution in [-0.4, -0.2) is 29.8 Å². The summed E-state index contributed by atoms with van der Waals surface area (Å²) in [7, 11) is 1.65. The zero-order chi connectivity index (χ0) is 16.8. The molecule has 0 aliphatic carbocycles. The number of nitrogens with zero attached hydrogens (tertiary/aromatic N) is 2. The van der Waals surface area contributed by atoms with E-state index in [0.29, 0.717) is 24.5 Å². The molecule has 0 aliphatic rings. The highest BCUT2D eigenvalue weighted by Crippen LogP contribution is 2.17. The van der Waals surface area contributed by atoms with E-state index >= 15 is 0 Å². The Hall–Kier alpha value is -1.72. The van der Waals surface area contributed by atoms with Gasteiger partial charge in [0.05, 0.1) is 30.1 Å². The van der Waals surface area contributed by atoms with Crippen LogP contribution < -0.4 is 10.9 Å². The number of rotatable bonds is 8. The fourth-order valence-electron chi connectivity index (χ4n) is 2.65. The lowest BCUT2D eigenvalue weighted by Crippen LogP contribution is -2.34. The molecule has 0 radical (unpaired) electrons. The van der Waals surface area contributed by atoms with Crippen LogP contribution in [0.2, 0.25) is 0 Å². The number of aromatic nitrogens is 2. The molecule has 1 N–H and O–H groups in total. The average Bonchev–Trinajstić information content (AvgIpc) is 2.55. The molecule has 0 unspecified atom stereocenters. The molecule has 126 valence electrons. The van der Waals surface area contributed by atoms with Gasteiger partial charge < -0.3 is 10.1 Å². The summed E-state index contributed by atoms with van der Waals surface area (Å²) >= 11 is 0. The third-order valence-corrected chi connectivity index (χ3v) is 3.90. The van der Waals surface area contributed by atoms with E-state index in [2.05, 4.69) is 26.1 Å². The van der Waals surface area contributed by atoms with E-state index in [1.807, 2.05) is 24.3 Å². The van der Waals surface area contributed by atoms with Crippen LogP contribution in [0.5, 0.6) is 0 Å². The van der Waals surface area contributed by atoms with Crippen LogP contribution in [0, 0.1) is 5.92 Å². The minimum absolute atomic E-state index is 0.00690. The lowest BCUT2D eigenvalue weighted by molar-refractivity contribution is 0.184. The fraction of sp³-hybridized carbons (Fsp3) is 0.556. The molecule has 0 saturated heterocycles. The van der Waals surface area contributed by atoms with Gasteiger partial charge in [-0.1, -0.05) is 32.9 Å². The molecule has 5 nitrogen and oxygen atoms in total. The summed E-state index contributed by atoms with van der Waals surface area (Å²) in [5.41, 5.74) is 0.762. The van der Waals surface area contributed by atoms with E-state index in [9.17, 15) is 4.79 Å². The zero-order valence-electron chi connectivity index (χ0n) is 14.5. The number of benzene rings is 1. The summed E-state index contributed by atoms with van der Waals surface area (Å²) in [6, 6.07) is 7.59. The summed E-state index contributed by atoms with van der Waals surface area (Å²) in [4.78, 5) is 17.6. The van der Waals surface area contributed by atoms with Crippen LogP contribution in [0.15, 0.2) is 29.1 Å². The first-order valence-electron chi connectivity index (χ1n) is 8.30. The largest absolute Gasteiger partial charge is 0.383 e. The minimum Gasteiger partial charge on any atom is -0.383 e. The Morgan fingerprint density at radius 2 is 2.04 bits per heavy atom. The number of ether oxygens (including phenoxy) is 1. The molecule has 0 spiro atoms. The van der Waals surface area contributed by atoms with Crippen molar-refractivity contribution in [2.45, 2.75) is 39.8 Å². The van der Waals surface area contributed by atoms with Crippen molar-refractivity contribution in [3.63, 3.8) is 0 Å². The van der Waals surface area contributed by atoms with E-state index in [4.69, 9.17) is 9.72 Å². The van der Waals surface area contributed by atoms with E-state index in [1.165, 1.54) is 0 Å². The smallest absolute Gasteiger partial charge is 0.261 e.